The van der Waals surface area contributed by atoms with Crippen LogP contribution in [0.1, 0.15) is 0 Å². The van der Waals surface area contributed by atoms with E-state index in [4.69, 9.17) is 0 Å². The molecule has 0 nitrogen and oxygen atoms in total. The van der Waals surface area contributed by atoms with Gasteiger partial charge in [0.05, 0.1) is 0 Å². The van der Waals surface area contributed by atoms with E-state index in [9.17, 15) is 0 Å². The number of hydrogen-bond donors (Lipinski definition) is 0. The van der Waals surface area contributed by atoms with Crippen LogP contribution in [0, 0.1) is 0 Å². The van der Waals surface area contributed by atoms with Crippen LogP contribution in [0.2, 0.25) is 11.5 Å². The van der Waals surface area contributed by atoms with Crippen LogP contribution in [0.25, 0.3) is 21.5 Å². The number of hydrogen-bond acceptors (Lipinski definition) is 0. The van der Waals surface area contributed by atoms with Crippen LogP contribution in [0.3, 0.4) is 0 Å². The van der Waals surface area contributed by atoms with Crippen molar-refractivity contribution < 1.29 is 25.8 Å². The SMILES string of the molecule is [CH3][Ge][CH3].[Hf].c1ccc2[cH-]ccc2c1.c1ccc2[cH-]ccc2c1. The zero-order chi connectivity index (χ0) is 14.9. The average molecular weight is 511 g/mol. The van der Waals surface area contributed by atoms with Gasteiger partial charge in [-0.2, -0.15) is 35.0 Å². The zero-order valence-corrected chi connectivity index (χ0v) is 18.8. The molecule has 0 unspecified atom stereocenters. The van der Waals surface area contributed by atoms with Gasteiger partial charge in [-0.25, -0.2) is 0 Å². The minimum Gasteiger partial charge on any atom is -0.168 e. The number of benzene rings is 2. The van der Waals surface area contributed by atoms with E-state index in [1.807, 2.05) is 0 Å². The summed E-state index contributed by atoms with van der Waals surface area (Å²) in [5, 5.41) is 5.32. The first-order chi connectivity index (χ1) is 10.3. The first kappa shape index (κ1) is 19.1. The molecule has 4 aromatic rings. The zero-order valence-electron chi connectivity index (χ0n) is 13.1. The van der Waals surface area contributed by atoms with Crippen LogP contribution in [-0.4, -0.2) is 15.4 Å². The van der Waals surface area contributed by atoms with Crippen LogP contribution in [0.15, 0.2) is 84.9 Å². The van der Waals surface area contributed by atoms with Crippen LogP contribution in [0.4, 0.5) is 0 Å². The molecule has 0 heterocycles. The first-order valence-electron chi connectivity index (χ1n) is 7.14. The van der Waals surface area contributed by atoms with E-state index in [0.717, 1.165) is 0 Å². The monoisotopic (exact) mass is 514 g/mol. The maximum atomic E-state index is 2.25. The number of fused-ring (bicyclic) bond motifs is 2. The molecule has 4 rings (SSSR count). The second kappa shape index (κ2) is 10.7. The molecule has 0 aliphatic rings. The van der Waals surface area contributed by atoms with Crippen molar-refractivity contribution >= 4 is 37.0 Å². The van der Waals surface area contributed by atoms with Crippen molar-refractivity contribution in [2.24, 2.45) is 0 Å². The third-order valence-electron chi connectivity index (χ3n) is 3.10. The molecular formula is C20H20GeHf-2. The van der Waals surface area contributed by atoms with Gasteiger partial charge < -0.3 is 0 Å². The molecule has 0 amide bonds. The van der Waals surface area contributed by atoms with Crippen LogP contribution >= 0.6 is 0 Å². The molecule has 0 aliphatic carbocycles. The summed E-state index contributed by atoms with van der Waals surface area (Å²) in [5.74, 6) is 4.50. The molecule has 22 heavy (non-hydrogen) atoms. The molecular weight excluding hydrogens is 491 g/mol. The van der Waals surface area contributed by atoms with Gasteiger partial charge in [0.15, 0.2) is 0 Å². The standard InChI is InChI=1S/2C9H7.C2H6Ge.Hf/c2*1-2-5-9-7-3-6-8(9)4-1;1-3-2;/h2*1-7H;1-2H3;/q2*-1;;. The first-order valence-corrected chi connectivity index (χ1v) is 11.3. The Labute approximate surface area is 158 Å². The van der Waals surface area contributed by atoms with E-state index >= 15 is 0 Å². The maximum absolute atomic E-state index is 2.25. The van der Waals surface area contributed by atoms with Gasteiger partial charge in [-0.05, 0) is 0 Å². The van der Waals surface area contributed by atoms with E-state index < -0.39 is 0 Å². The van der Waals surface area contributed by atoms with Crippen molar-refractivity contribution in [3.05, 3.63) is 84.9 Å². The van der Waals surface area contributed by atoms with Crippen molar-refractivity contribution in [3.8, 4) is 0 Å². The van der Waals surface area contributed by atoms with Gasteiger partial charge in [-0.15, -0.1) is 59.3 Å². The summed E-state index contributed by atoms with van der Waals surface area (Å²) < 4.78 is 0. The molecule has 0 saturated carbocycles. The second-order valence-electron chi connectivity index (χ2n) is 4.81. The molecule has 0 aromatic heterocycles. The van der Waals surface area contributed by atoms with E-state index in [1.54, 1.807) is 0 Å². The molecule has 0 spiro atoms. The smallest absolute Gasteiger partial charge is 0 e. The quantitative estimate of drug-likeness (QED) is 0.204. The minimum absolute atomic E-state index is 0. The Kier molecular flexibility index (Phi) is 9.34. The Bertz CT molecular complexity index is 641. The molecule has 0 fully saturated rings. The van der Waals surface area contributed by atoms with E-state index in [1.165, 1.54) is 21.5 Å². The van der Waals surface area contributed by atoms with Gasteiger partial charge in [0.25, 0.3) is 0 Å². The molecule has 0 aliphatic heterocycles. The van der Waals surface area contributed by atoms with Gasteiger partial charge in [0.2, 0.25) is 0 Å². The Hall–Kier alpha value is -0.927. The number of rotatable bonds is 0. The maximum Gasteiger partial charge on any atom is 0 e. The Balaban J connectivity index is 0.000000181. The minimum atomic E-state index is 0. The summed E-state index contributed by atoms with van der Waals surface area (Å²) >= 11 is 0.500. The van der Waals surface area contributed by atoms with E-state index in [-0.39, 0.29) is 25.8 Å². The topological polar surface area (TPSA) is 0 Å². The largest absolute Gasteiger partial charge is 0.168 e. The molecule has 110 valence electrons. The molecule has 2 radical (unpaired) electrons. The van der Waals surface area contributed by atoms with Gasteiger partial charge in [-0.3, -0.25) is 0 Å². The van der Waals surface area contributed by atoms with E-state index in [2.05, 4.69) is 96.4 Å². The molecule has 0 saturated heterocycles. The van der Waals surface area contributed by atoms with Crippen molar-refractivity contribution in [1.82, 2.24) is 0 Å². The van der Waals surface area contributed by atoms with Crippen LogP contribution < -0.4 is 0 Å². The summed E-state index contributed by atoms with van der Waals surface area (Å²) in [6.07, 6.45) is 0. The van der Waals surface area contributed by atoms with E-state index in [0.29, 0.717) is 15.4 Å². The van der Waals surface area contributed by atoms with Crippen molar-refractivity contribution in [3.63, 3.8) is 0 Å². The van der Waals surface area contributed by atoms with Crippen LogP contribution in [0.5, 0.6) is 0 Å². The normalized spacial score (nSPS) is 9.18. The average Bonchev–Trinajstić information content (AvgIpc) is 3.17. The van der Waals surface area contributed by atoms with Gasteiger partial charge >= 0.3 is 26.9 Å². The molecule has 0 bridgehead atoms. The van der Waals surface area contributed by atoms with Gasteiger partial charge in [0.1, 0.15) is 0 Å². The second-order valence-corrected chi connectivity index (χ2v) is 6.91. The fourth-order valence-electron chi connectivity index (χ4n) is 2.14. The predicted octanol–water partition coefficient (Wildman–Crippen LogP) is 5.90. The van der Waals surface area contributed by atoms with Crippen molar-refractivity contribution in [1.29, 1.82) is 0 Å². The Morgan fingerprint density at radius 1 is 0.636 bits per heavy atom. The molecule has 0 atom stereocenters. The third kappa shape index (κ3) is 5.70. The molecule has 0 N–H and O–H groups in total. The van der Waals surface area contributed by atoms with Crippen molar-refractivity contribution in [2.75, 3.05) is 0 Å². The summed E-state index contributed by atoms with van der Waals surface area (Å²) in [4.78, 5) is 0. The summed E-state index contributed by atoms with van der Waals surface area (Å²) in [7, 11) is 0. The van der Waals surface area contributed by atoms with Gasteiger partial charge in [-0.1, -0.05) is 12.1 Å². The molecule has 4 aromatic carbocycles. The Morgan fingerprint density at radius 3 is 1.36 bits per heavy atom. The van der Waals surface area contributed by atoms with Gasteiger partial charge in [0, 0.05) is 25.8 Å². The summed E-state index contributed by atoms with van der Waals surface area (Å²) in [6, 6.07) is 29.3. The molecule has 2 heteroatoms. The van der Waals surface area contributed by atoms with Crippen LogP contribution in [-0.2, 0) is 25.8 Å². The summed E-state index contributed by atoms with van der Waals surface area (Å²) in [6.45, 7) is 0. The fraction of sp³-hybridized carbons (Fsp3) is 0.100. The fourth-order valence-corrected chi connectivity index (χ4v) is 2.14. The third-order valence-corrected chi connectivity index (χ3v) is 3.10. The van der Waals surface area contributed by atoms with Crippen molar-refractivity contribution in [2.45, 2.75) is 11.5 Å². The summed E-state index contributed by atoms with van der Waals surface area (Å²) in [5.41, 5.74) is 0. The Morgan fingerprint density at radius 2 is 1.00 bits per heavy atom. The predicted molar refractivity (Wildman–Crippen MR) is 96.6 cm³/mol.